The molecule has 0 spiro atoms. The van der Waals surface area contributed by atoms with Gasteiger partial charge in [0.05, 0.1) is 0 Å². The van der Waals surface area contributed by atoms with Crippen molar-refractivity contribution in [1.82, 2.24) is 9.97 Å². The summed E-state index contributed by atoms with van der Waals surface area (Å²) in [4.78, 5) is 8.67. The number of ether oxygens (including phenoxy) is 1. The molecule has 0 radical (unpaired) electrons. The van der Waals surface area contributed by atoms with Crippen LogP contribution in [0.4, 0.5) is 5.82 Å². The fourth-order valence-electron chi connectivity index (χ4n) is 1.67. The number of rotatable bonds is 2. The van der Waals surface area contributed by atoms with Gasteiger partial charge in [-0.1, -0.05) is 32.4 Å². The van der Waals surface area contributed by atoms with Gasteiger partial charge in [0.15, 0.2) is 0 Å². The molecule has 1 aromatic heterocycles. The molecule has 0 aliphatic heterocycles. The van der Waals surface area contributed by atoms with Crippen LogP contribution in [0.2, 0.25) is 5.02 Å². The van der Waals surface area contributed by atoms with Crippen molar-refractivity contribution in [2.45, 2.75) is 33.1 Å². The van der Waals surface area contributed by atoms with Crippen molar-refractivity contribution in [3.63, 3.8) is 0 Å². The molecule has 0 fully saturated rings. The van der Waals surface area contributed by atoms with Crippen molar-refractivity contribution in [2.24, 2.45) is 0 Å². The molecule has 0 saturated heterocycles. The largest absolute Gasteiger partial charge is 0.439 e. The minimum atomic E-state index is -0.192. The second kappa shape index (κ2) is 5.29. The first-order chi connectivity index (χ1) is 9.25. The molecule has 2 N–H and O–H groups in total. The monoisotopic (exact) mass is 291 g/mol. The summed E-state index contributed by atoms with van der Waals surface area (Å²) in [6.45, 7) is 8.01. The van der Waals surface area contributed by atoms with Gasteiger partial charge in [-0.05, 0) is 30.7 Å². The maximum atomic E-state index is 5.93. The molecule has 0 aliphatic carbocycles. The number of aromatic nitrogens is 2. The van der Waals surface area contributed by atoms with Gasteiger partial charge in [-0.2, -0.15) is 4.98 Å². The third-order valence-electron chi connectivity index (χ3n) is 2.74. The van der Waals surface area contributed by atoms with Gasteiger partial charge in [0.25, 0.3) is 0 Å². The molecule has 1 heterocycles. The van der Waals surface area contributed by atoms with Gasteiger partial charge in [0.1, 0.15) is 17.4 Å². The van der Waals surface area contributed by atoms with Crippen LogP contribution in [0.3, 0.4) is 0 Å². The van der Waals surface area contributed by atoms with Gasteiger partial charge in [0, 0.05) is 16.5 Å². The van der Waals surface area contributed by atoms with E-state index in [-0.39, 0.29) is 5.41 Å². The summed E-state index contributed by atoms with van der Waals surface area (Å²) >= 11 is 5.93. The van der Waals surface area contributed by atoms with Crippen molar-refractivity contribution in [1.29, 1.82) is 0 Å². The number of aryl methyl sites for hydroxylation is 1. The molecule has 0 unspecified atom stereocenters. The highest BCUT2D eigenvalue weighted by Crippen LogP contribution is 2.28. The Kier molecular flexibility index (Phi) is 3.86. The lowest BCUT2D eigenvalue weighted by atomic mass is 9.96. The van der Waals surface area contributed by atoms with Crippen LogP contribution in [0.5, 0.6) is 11.6 Å². The zero-order valence-corrected chi connectivity index (χ0v) is 12.8. The first-order valence-electron chi connectivity index (χ1n) is 6.35. The highest BCUT2D eigenvalue weighted by Gasteiger charge is 2.19. The predicted octanol–water partition coefficient (Wildman–Crippen LogP) is 4.11. The number of benzene rings is 1. The third-order valence-corrected chi connectivity index (χ3v) is 2.98. The lowest BCUT2D eigenvalue weighted by molar-refractivity contribution is 0.444. The van der Waals surface area contributed by atoms with Crippen LogP contribution >= 0.6 is 11.6 Å². The Labute approximate surface area is 124 Å². The minimum Gasteiger partial charge on any atom is -0.439 e. The van der Waals surface area contributed by atoms with E-state index in [1.54, 1.807) is 12.1 Å². The predicted molar refractivity (Wildman–Crippen MR) is 81.4 cm³/mol. The van der Waals surface area contributed by atoms with E-state index in [9.17, 15) is 0 Å². The minimum absolute atomic E-state index is 0.192. The van der Waals surface area contributed by atoms with Gasteiger partial charge in [-0.15, -0.1) is 0 Å². The van der Waals surface area contributed by atoms with Gasteiger partial charge in [-0.25, -0.2) is 4.98 Å². The van der Waals surface area contributed by atoms with E-state index < -0.39 is 0 Å². The first kappa shape index (κ1) is 14.6. The molecular weight excluding hydrogens is 274 g/mol. The van der Waals surface area contributed by atoms with Crippen LogP contribution in [0.15, 0.2) is 24.3 Å². The number of halogens is 1. The summed E-state index contributed by atoms with van der Waals surface area (Å²) in [7, 11) is 0. The summed E-state index contributed by atoms with van der Waals surface area (Å²) < 4.78 is 5.79. The molecule has 1 aromatic carbocycles. The summed E-state index contributed by atoms with van der Waals surface area (Å²) in [5.41, 5.74) is 6.56. The van der Waals surface area contributed by atoms with E-state index in [0.29, 0.717) is 28.3 Å². The Morgan fingerprint density at radius 1 is 1.15 bits per heavy atom. The van der Waals surface area contributed by atoms with E-state index in [1.807, 2.05) is 39.8 Å². The standard InChI is InChI=1S/C15H18ClN3O/c1-9-7-10(16)5-6-11(9)20-13-8-12(17)18-14(19-13)15(2,3)4/h5-8H,1-4H3,(H2,17,18,19). The molecule has 2 rings (SSSR count). The van der Waals surface area contributed by atoms with Crippen LogP contribution in [-0.2, 0) is 5.41 Å². The molecule has 5 heteroatoms. The molecule has 4 nitrogen and oxygen atoms in total. The molecule has 0 saturated carbocycles. The topological polar surface area (TPSA) is 61.0 Å². The van der Waals surface area contributed by atoms with Crippen LogP contribution in [-0.4, -0.2) is 9.97 Å². The van der Waals surface area contributed by atoms with Crippen molar-refractivity contribution in [3.8, 4) is 11.6 Å². The molecule has 2 aromatic rings. The third kappa shape index (κ3) is 3.39. The number of anilines is 1. The smallest absolute Gasteiger partial charge is 0.224 e. The summed E-state index contributed by atoms with van der Waals surface area (Å²) in [5, 5.41) is 0.674. The van der Waals surface area contributed by atoms with Crippen LogP contribution < -0.4 is 10.5 Å². The SMILES string of the molecule is Cc1cc(Cl)ccc1Oc1cc(N)nc(C(C)(C)C)n1. The molecular formula is C15H18ClN3O. The maximum absolute atomic E-state index is 5.93. The summed E-state index contributed by atoms with van der Waals surface area (Å²) in [6, 6.07) is 7.04. The van der Waals surface area contributed by atoms with E-state index >= 15 is 0 Å². The lowest BCUT2D eigenvalue weighted by Gasteiger charge is -2.18. The van der Waals surface area contributed by atoms with Crippen LogP contribution in [0.25, 0.3) is 0 Å². The van der Waals surface area contributed by atoms with Gasteiger partial charge < -0.3 is 10.5 Å². The second-order valence-corrected chi connectivity index (χ2v) is 6.15. The van der Waals surface area contributed by atoms with E-state index in [2.05, 4.69) is 9.97 Å². The Morgan fingerprint density at radius 2 is 1.85 bits per heavy atom. The number of hydrogen-bond acceptors (Lipinski definition) is 4. The summed E-state index contributed by atoms with van der Waals surface area (Å²) in [5.74, 6) is 2.19. The average Bonchev–Trinajstić information content (AvgIpc) is 2.31. The van der Waals surface area contributed by atoms with Gasteiger partial charge in [0.2, 0.25) is 5.88 Å². The zero-order chi connectivity index (χ0) is 14.9. The number of nitrogens with zero attached hydrogens (tertiary/aromatic N) is 2. The molecule has 0 bridgehead atoms. The van der Waals surface area contributed by atoms with E-state index in [0.717, 1.165) is 5.56 Å². The number of nitrogen functional groups attached to an aromatic ring is 1. The van der Waals surface area contributed by atoms with Gasteiger partial charge >= 0.3 is 0 Å². The first-order valence-corrected chi connectivity index (χ1v) is 6.72. The van der Waals surface area contributed by atoms with Crippen molar-refractivity contribution >= 4 is 17.4 Å². The highest BCUT2D eigenvalue weighted by atomic mass is 35.5. The number of hydrogen-bond donors (Lipinski definition) is 1. The summed E-state index contributed by atoms with van der Waals surface area (Å²) in [6.07, 6.45) is 0. The van der Waals surface area contributed by atoms with Crippen molar-refractivity contribution in [3.05, 3.63) is 40.7 Å². The highest BCUT2D eigenvalue weighted by molar-refractivity contribution is 6.30. The Balaban J connectivity index is 2.36. The normalized spacial score (nSPS) is 11.4. The second-order valence-electron chi connectivity index (χ2n) is 5.72. The average molecular weight is 292 g/mol. The zero-order valence-electron chi connectivity index (χ0n) is 12.1. The quantitative estimate of drug-likeness (QED) is 0.904. The molecule has 0 atom stereocenters. The Morgan fingerprint density at radius 3 is 2.45 bits per heavy atom. The molecule has 0 aliphatic rings. The Hall–Kier alpha value is -1.81. The van der Waals surface area contributed by atoms with Crippen LogP contribution in [0, 0.1) is 6.92 Å². The van der Waals surface area contributed by atoms with E-state index in [4.69, 9.17) is 22.1 Å². The Bertz CT molecular complexity index is 636. The van der Waals surface area contributed by atoms with E-state index in [1.165, 1.54) is 0 Å². The van der Waals surface area contributed by atoms with Gasteiger partial charge in [-0.3, -0.25) is 0 Å². The molecule has 106 valence electrons. The fourth-order valence-corrected chi connectivity index (χ4v) is 1.90. The van der Waals surface area contributed by atoms with Crippen molar-refractivity contribution < 1.29 is 4.74 Å². The van der Waals surface area contributed by atoms with Crippen LogP contribution in [0.1, 0.15) is 32.2 Å². The number of nitrogens with two attached hydrogens (primary N) is 1. The molecule has 0 amide bonds. The fraction of sp³-hybridized carbons (Fsp3) is 0.333. The lowest BCUT2D eigenvalue weighted by Crippen LogP contribution is -2.17. The van der Waals surface area contributed by atoms with Crippen molar-refractivity contribution in [2.75, 3.05) is 5.73 Å². The maximum Gasteiger partial charge on any atom is 0.224 e. The molecule has 20 heavy (non-hydrogen) atoms.